The molecule has 2 aromatic carbocycles. The lowest BCUT2D eigenvalue weighted by Crippen LogP contribution is -1.98. The number of nitrogens with zero attached hydrogens (tertiary/aromatic N) is 5. The van der Waals surface area contributed by atoms with Gasteiger partial charge in [0.1, 0.15) is 0 Å². The van der Waals surface area contributed by atoms with E-state index in [9.17, 15) is 0 Å². The zero-order valence-electron chi connectivity index (χ0n) is 16.2. The third kappa shape index (κ3) is 3.57. The lowest BCUT2D eigenvalue weighted by Gasteiger charge is -2.08. The van der Waals surface area contributed by atoms with Crippen LogP contribution in [-0.2, 0) is 7.05 Å². The van der Waals surface area contributed by atoms with E-state index in [0.717, 1.165) is 22.1 Å². The summed E-state index contributed by atoms with van der Waals surface area (Å²) in [6.07, 6.45) is 0. The van der Waals surface area contributed by atoms with Crippen molar-refractivity contribution in [2.75, 3.05) is 0 Å². The number of thioether (sulfide) groups is 1. The summed E-state index contributed by atoms with van der Waals surface area (Å²) < 4.78 is 7.89. The van der Waals surface area contributed by atoms with Crippen LogP contribution in [0.2, 0.25) is 0 Å². The van der Waals surface area contributed by atoms with E-state index in [1.165, 1.54) is 11.1 Å². The first-order valence-corrected chi connectivity index (χ1v) is 9.93. The van der Waals surface area contributed by atoms with Crippen LogP contribution in [0.1, 0.15) is 29.2 Å². The Morgan fingerprint density at radius 3 is 2.43 bits per heavy atom. The maximum Gasteiger partial charge on any atom is 0.247 e. The Morgan fingerprint density at radius 1 is 0.929 bits per heavy atom. The van der Waals surface area contributed by atoms with Crippen molar-refractivity contribution in [3.63, 3.8) is 0 Å². The van der Waals surface area contributed by atoms with Crippen LogP contribution in [0.5, 0.6) is 0 Å². The summed E-state index contributed by atoms with van der Waals surface area (Å²) in [5.74, 6) is 1.95. The van der Waals surface area contributed by atoms with Gasteiger partial charge in [-0.05, 0) is 38.5 Å². The molecular formula is C21H21N5OS. The molecule has 0 aliphatic heterocycles. The first-order chi connectivity index (χ1) is 13.5. The number of aromatic nitrogens is 5. The quantitative estimate of drug-likeness (QED) is 0.446. The zero-order chi connectivity index (χ0) is 19.7. The van der Waals surface area contributed by atoms with Gasteiger partial charge in [-0.15, -0.1) is 20.4 Å². The third-order valence-corrected chi connectivity index (χ3v) is 5.71. The van der Waals surface area contributed by atoms with E-state index in [0.29, 0.717) is 11.8 Å². The Hall–Kier alpha value is -2.93. The van der Waals surface area contributed by atoms with E-state index in [2.05, 4.69) is 39.5 Å². The van der Waals surface area contributed by atoms with Crippen molar-refractivity contribution in [2.45, 2.75) is 31.2 Å². The third-order valence-electron chi connectivity index (χ3n) is 4.59. The predicted molar refractivity (Wildman–Crippen MR) is 110 cm³/mol. The van der Waals surface area contributed by atoms with Crippen molar-refractivity contribution < 1.29 is 4.42 Å². The van der Waals surface area contributed by atoms with Crippen LogP contribution >= 0.6 is 11.8 Å². The van der Waals surface area contributed by atoms with Gasteiger partial charge in [0.25, 0.3) is 0 Å². The second-order valence-corrected chi connectivity index (χ2v) is 8.06. The molecule has 142 valence electrons. The van der Waals surface area contributed by atoms with Crippen molar-refractivity contribution in [1.29, 1.82) is 0 Å². The highest BCUT2D eigenvalue weighted by atomic mass is 32.2. The lowest BCUT2D eigenvalue weighted by atomic mass is 10.1. The van der Waals surface area contributed by atoms with Crippen molar-refractivity contribution in [3.05, 3.63) is 65.5 Å². The number of rotatable bonds is 5. The van der Waals surface area contributed by atoms with E-state index in [1.54, 1.807) is 11.8 Å². The molecule has 0 fully saturated rings. The van der Waals surface area contributed by atoms with E-state index in [1.807, 2.05) is 61.9 Å². The maximum absolute atomic E-state index is 5.89. The Balaban J connectivity index is 1.54. The predicted octanol–water partition coefficient (Wildman–Crippen LogP) is 5.00. The van der Waals surface area contributed by atoms with Crippen LogP contribution in [0.4, 0.5) is 0 Å². The molecule has 0 aliphatic rings. The van der Waals surface area contributed by atoms with Gasteiger partial charge in [-0.25, -0.2) is 0 Å². The Bertz CT molecular complexity index is 1100. The molecule has 0 saturated heterocycles. The molecule has 4 aromatic rings. The number of hydrogen-bond acceptors (Lipinski definition) is 6. The smallest absolute Gasteiger partial charge is 0.247 e. The van der Waals surface area contributed by atoms with E-state index in [-0.39, 0.29) is 5.25 Å². The fourth-order valence-electron chi connectivity index (χ4n) is 2.90. The average Bonchev–Trinajstić information content (AvgIpc) is 3.31. The second kappa shape index (κ2) is 7.59. The first kappa shape index (κ1) is 18.4. The molecule has 4 rings (SSSR count). The minimum Gasteiger partial charge on any atom is -0.419 e. The summed E-state index contributed by atoms with van der Waals surface area (Å²) in [5.41, 5.74) is 4.36. The second-order valence-electron chi connectivity index (χ2n) is 6.75. The standard InChI is InChI=1S/C21H21N5OS/c1-13-9-11-16(12-10-13)20-24-23-19(27-20)15(3)28-21-25-22-18(26(21)4)17-8-6-5-7-14(17)2/h5-12,15H,1-4H3/t15-/m1/s1. The molecule has 0 amide bonds. The van der Waals surface area contributed by atoms with Crippen molar-refractivity contribution >= 4 is 11.8 Å². The number of benzene rings is 2. The summed E-state index contributed by atoms with van der Waals surface area (Å²) in [6.45, 7) is 6.15. The summed E-state index contributed by atoms with van der Waals surface area (Å²) in [4.78, 5) is 0. The van der Waals surface area contributed by atoms with Gasteiger partial charge in [0.05, 0.1) is 5.25 Å². The highest BCUT2D eigenvalue weighted by Gasteiger charge is 2.20. The van der Waals surface area contributed by atoms with Crippen LogP contribution in [0.3, 0.4) is 0 Å². The summed E-state index contributed by atoms with van der Waals surface area (Å²) in [6, 6.07) is 16.2. The monoisotopic (exact) mass is 391 g/mol. The van der Waals surface area contributed by atoms with Gasteiger partial charge in [0.15, 0.2) is 11.0 Å². The van der Waals surface area contributed by atoms with Crippen molar-refractivity contribution in [2.24, 2.45) is 7.05 Å². The molecule has 0 radical (unpaired) electrons. The highest BCUT2D eigenvalue weighted by molar-refractivity contribution is 7.99. The molecule has 0 saturated carbocycles. The Labute approximate surface area is 168 Å². The van der Waals surface area contributed by atoms with Crippen LogP contribution < -0.4 is 0 Å². The summed E-state index contributed by atoms with van der Waals surface area (Å²) >= 11 is 1.55. The molecule has 7 heteroatoms. The van der Waals surface area contributed by atoms with Crippen LogP contribution in [-0.4, -0.2) is 25.0 Å². The minimum absolute atomic E-state index is 0.0423. The molecule has 0 aliphatic carbocycles. The number of aryl methyl sites for hydroxylation is 2. The normalized spacial score (nSPS) is 12.3. The highest BCUT2D eigenvalue weighted by Crippen LogP contribution is 2.35. The SMILES string of the molecule is Cc1ccc(-c2nnc([C@@H](C)Sc3nnc(-c4ccccc4C)n3C)o2)cc1. The molecule has 2 aromatic heterocycles. The van der Waals surface area contributed by atoms with Crippen LogP contribution in [0.15, 0.2) is 58.1 Å². The van der Waals surface area contributed by atoms with Gasteiger partial charge in [-0.3, -0.25) is 0 Å². The van der Waals surface area contributed by atoms with Crippen LogP contribution in [0, 0.1) is 13.8 Å². The van der Waals surface area contributed by atoms with E-state index < -0.39 is 0 Å². The molecular weight excluding hydrogens is 370 g/mol. The lowest BCUT2D eigenvalue weighted by molar-refractivity contribution is 0.508. The molecule has 28 heavy (non-hydrogen) atoms. The van der Waals surface area contributed by atoms with Gasteiger partial charge in [0, 0.05) is 18.2 Å². The maximum atomic E-state index is 5.89. The fraction of sp³-hybridized carbons (Fsp3) is 0.238. The van der Waals surface area contributed by atoms with Crippen molar-refractivity contribution in [3.8, 4) is 22.8 Å². The largest absolute Gasteiger partial charge is 0.419 e. The molecule has 0 N–H and O–H groups in total. The first-order valence-electron chi connectivity index (χ1n) is 9.05. The Kier molecular flexibility index (Phi) is 5.00. The van der Waals surface area contributed by atoms with Gasteiger partial charge in [-0.1, -0.05) is 53.7 Å². The molecule has 2 heterocycles. The van der Waals surface area contributed by atoms with Crippen molar-refractivity contribution in [1.82, 2.24) is 25.0 Å². The topological polar surface area (TPSA) is 69.6 Å². The number of hydrogen-bond donors (Lipinski definition) is 0. The fourth-order valence-corrected chi connectivity index (χ4v) is 3.74. The zero-order valence-corrected chi connectivity index (χ0v) is 17.1. The summed E-state index contributed by atoms with van der Waals surface area (Å²) in [5, 5.41) is 17.9. The van der Waals surface area contributed by atoms with Gasteiger partial charge >= 0.3 is 0 Å². The average molecular weight is 392 g/mol. The molecule has 0 unspecified atom stereocenters. The minimum atomic E-state index is -0.0423. The Morgan fingerprint density at radius 2 is 1.68 bits per heavy atom. The van der Waals surface area contributed by atoms with E-state index >= 15 is 0 Å². The van der Waals surface area contributed by atoms with E-state index in [4.69, 9.17) is 4.42 Å². The summed E-state index contributed by atoms with van der Waals surface area (Å²) in [7, 11) is 1.97. The molecule has 0 bridgehead atoms. The van der Waals surface area contributed by atoms with Crippen LogP contribution in [0.25, 0.3) is 22.8 Å². The molecule has 0 spiro atoms. The molecule has 6 nitrogen and oxygen atoms in total. The van der Waals surface area contributed by atoms with Gasteiger partial charge < -0.3 is 8.98 Å². The molecule has 1 atom stereocenters. The van der Waals surface area contributed by atoms with Gasteiger partial charge in [-0.2, -0.15) is 0 Å². The van der Waals surface area contributed by atoms with Gasteiger partial charge in [0.2, 0.25) is 11.8 Å².